The van der Waals surface area contributed by atoms with Crippen molar-refractivity contribution in [3.05, 3.63) is 48.1 Å². The molecule has 0 radical (unpaired) electrons. The van der Waals surface area contributed by atoms with Crippen molar-refractivity contribution < 1.29 is 36.3 Å². The summed E-state index contributed by atoms with van der Waals surface area (Å²) in [7, 11) is -3.67. The fourth-order valence-corrected chi connectivity index (χ4v) is 2.29. The summed E-state index contributed by atoms with van der Waals surface area (Å²) in [5, 5.41) is 13.1. The Morgan fingerprint density at radius 3 is 2.62 bits per heavy atom. The first-order chi connectivity index (χ1) is 12.1. The molecule has 0 saturated carbocycles. The zero-order valence-corrected chi connectivity index (χ0v) is 14.4. The third-order valence-electron chi connectivity index (χ3n) is 3.24. The largest absolute Gasteiger partial charge is 0.394 e. The van der Waals surface area contributed by atoms with Crippen LogP contribution in [0.15, 0.2) is 30.9 Å². The van der Waals surface area contributed by atoms with Gasteiger partial charge in [-0.3, -0.25) is 4.55 Å². The number of nitrogens with zero attached hydrogens (tertiary/aromatic N) is 3. The van der Waals surface area contributed by atoms with Gasteiger partial charge < -0.3 is 14.6 Å². The van der Waals surface area contributed by atoms with Crippen molar-refractivity contribution in [2.24, 2.45) is 0 Å². The highest BCUT2D eigenvalue weighted by molar-refractivity contribution is 7.85. The van der Waals surface area contributed by atoms with Gasteiger partial charge in [0, 0.05) is 11.6 Å². The van der Waals surface area contributed by atoms with Crippen LogP contribution in [-0.4, -0.2) is 58.4 Å². The highest BCUT2D eigenvalue weighted by Gasteiger charge is 2.45. The summed E-state index contributed by atoms with van der Waals surface area (Å²) in [5.41, 5.74) is 0.0513. The highest BCUT2D eigenvalue weighted by Crippen LogP contribution is 2.37. The first-order valence-electron chi connectivity index (χ1n) is 7.26. The number of aliphatic hydroxyl groups excluding tert-OH is 1. The fourth-order valence-electron chi connectivity index (χ4n) is 2.29. The van der Waals surface area contributed by atoms with E-state index in [1.165, 1.54) is 23.4 Å². The minimum absolute atomic E-state index is 0.0338. The van der Waals surface area contributed by atoms with Crippen LogP contribution < -0.4 is 0 Å². The number of aliphatic hydroxyl groups is 1. The van der Waals surface area contributed by atoms with Crippen LogP contribution in [0, 0.1) is 11.6 Å². The van der Waals surface area contributed by atoms with Crippen molar-refractivity contribution in [1.29, 1.82) is 0 Å². The van der Waals surface area contributed by atoms with Gasteiger partial charge in [0.2, 0.25) is 5.79 Å². The van der Waals surface area contributed by atoms with E-state index in [-0.39, 0.29) is 25.3 Å². The van der Waals surface area contributed by atoms with E-state index >= 15 is 0 Å². The van der Waals surface area contributed by atoms with E-state index in [9.17, 15) is 22.3 Å². The molecule has 1 aliphatic rings. The van der Waals surface area contributed by atoms with Gasteiger partial charge in [-0.15, -0.1) is 0 Å². The van der Waals surface area contributed by atoms with Gasteiger partial charge in [0.1, 0.15) is 36.9 Å². The second-order valence-electron chi connectivity index (χ2n) is 5.44. The molecule has 0 amide bonds. The topological polar surface area (TPSA) is 124 Å². The number of benzene rings is 1. The number of halogens is 2. The molecule has 3 rings (SSSR count). The highest BCUT2D eigenvalue weighted by atomic mass is 32.2. The van der Waals surface area contributed by atoms with Crippen molar-refractivity contribution in [2.75, 3.05) is 19.5 Å². The molecule has 144 valence electrons. The third kappa shape index (κ3) is 5.51. The monoisotopic (exact) mass is 393 g/mol. The van der Waals surface area contributed by atoms with Crippen LogP contribution in [0.3, 0.4) is 0 Å². The van der Waals surface area contributed by atoms with Crippen molar-refractivity contribution in [2.45, 2.75) is 18.4 Å². The summed E-state index contributed by atoms with van der Waals surface area (Å²) in [4.78, 5) is 3.80. The third-order valence-corrected chi connectivity index (χ3v) is 3.24. The summed E-state index contributed by atoms with van der Waals surface area (Å²) >= 11 is 0. The second kappa shape index (κ2) is 8.14. The van der Waals surface area contributed by atoms with E-state index in [1.54, 1.807) is 0 Å². The van der Waals surface area contributed by atoms with E-state index in [1.807, 2.05) is 0 Å². The lowest BCUT2D eigenvalue weighted by atomic mass is 10.0. The lowest BCUT2D eigenvalue weighted by molar-refractivity contribution is -0.193. The Hall–Kier alpha value is -1.99. The zero-order chi connectivity index (χ0) is 19.4. The molecule has 12 heteroatoms. The molecule has 2 heterocycles. The molecular weight excluding hydrogens is 376 g/mol. The fraction of sp³-hybridized carbons (Fsp3) is 0.429. The van der Waals surface area contributed by atoms with Gasteiger partial charge in [0.15, 0.2) is 0 Å². The number of aromatic nitrogens is 3. The lowest BCUT2D eigenvalue weighted by Gasteiger charge is -2.28. The van der Waals surface area contributed by atoms with Gasteiger partial charge in [-0.1, -0.05) is 0 Å². The molecule has 1 saturated heterocycles. The molecule has 2 unspecified atom stereocenters. The van der Waals surface area contributed by atoms with Gasteiger partial charge in [0.05, 0.1) is 19.5 Å². The SMILES string of the molecule is CS(=O)(=O)O.OCC1COC(Cn2cncn2)(c2ccc(F)cc2F)O1. The number of rotatable bonds is 4. The predicted molar refractivity (Wildman–Crippen MR) is 83.4 cm³/mol. The molecule has 1 aliphatic heterocycles. The summed E-state index contributed by atoms with van der Waals surface area (Å²) in [6, 6.07) is 3.15. The van der Waals surface area contributed by atoms with E-state index in [2.05, 4.69) is 10.1 Å². The van der Waals surface area contributed by atoms with Crippen LogP contribution in [0.2, 0.25) is 0 Å². The van der Waals surface area contributed by atoms with E-state index in [4.69, 9.17) is 14.0 Å². The number of ether oxygens (including phenoxy) is 2. The number of hydrogen-bond acceptors (Lipinski definition) is 7. The Morgan fingerprint density at radius 1 is 1.42 bits per heavy atom. The Labute approximate surface area is 147 Å². The molecule has 9 nitrogen and oxygen atoms in total. The molecular formula is C14H17F2N3O6S. The normalized spacial score (nSPS) is 22.7. The van der Waals surface area contributed by atoms with Gasteiger partial charge in [-0.05, 0) is 12.1 Å². The zero-order valence-electron chi connectivity index (χ0n) is 13.6. The second-order valence-corrected chi connectivity index (χ2v) is 6.90. The average Bonchev–Trinajstić information content (AvgIpc) is 3.16. The molecule has 2 atom stereocenters. The minimum atomic E-state index is -3.67. The van der Waals surface area contributed by atoms with Gasteiger partial charge >= 0.3 is 0 Å². The predicted octanol–water partition coefficient (Wildman–Crippen LogP) is 0.321. The van der Waals surface area contributed by atoms with Crippen molar-refractivity contribution >= 4 is 10.1 Å². The van der Waals surface area contributed by atoms with Crippen molar-refractivity contribution in [1.82, 2.24) is 14.8 Å². The molecule has 26 heavy (non-hydrogen) atoms. The Kier molecular flexibility index (Phi) is 6.36. The van der Waals surface area contributed by atoms with E-state index in [0.717, 1.165) is 12.1 Å². The molecule has 1 aromatic heterocycles. The first kappa shape index (κ1) is 20.3. The van der Waals surface area contributed by atoms with Crippen LogP contribution in [0.1, 0.15) is 5.56 Å². The minimum Gasteiger partial charge on any atom is -0.394 e. The summed E-state index contributed by atoms with van der Waals surface area (Å²) in [6.07, 6.45) is 2.89. The quantitative estimate of drug-likeness (QED) is 0.712. The molecule has 0 spiro atoms. The molecule has 2 aromatic rings. The summed E-state index contributed by atoms with van der Waals surface area (Å²) < 4.78 is 65.7. The standard InChI is InChI=1S/C13H13F2N3O3.CH4O3S/c14-9-1-2-11(12(15)3-9)13(6-18-8-16-7-17-18)20-5-10(4-19)21-13;1-5(2,3)4/h1-3,7-8,10,19H,4-6H2;1H3,(H,2,3,4). The Bertz CT molecular complexity index is 825. The molecule has 2 N–H and O–H groups in total. The van der Waals surface area contributed by atoms with Crippen LogP contribution in [0.25, 0.3) is 0 Å². The Morgan fingerprint density at radius 2 is 2.12 bits per heavy atom. The smallest absolute Gasteiger partial charge is 0.261 e. The van der Waals surface area contributed by atoms with E-state index in [0.29, 0.717) is 6.26 Å². The molecule has 1 aromatic carbocycles. The summed E-state index contributed by atoms with van der Waals surface area (Å²) in [5.74, 6) is -2.95. The maximum absolute atomic E-state index is 14.1. The van der Waals surface area contributed by atoms with Crippen LogP contribution in [0.4, 0.5) is 8.78 Å². The molecule has 0 bridgehead atoms. The van der Waals surface area contributed by atoms with Crippen LogP contribution in [-0.2, 0) is 31.9 Å². The van der Waals surface area contributed by atoms with Crippen molar-refractivity contribution in [3.8, 4) is 0 Å². The maximum Gasteiger partial charge on any atom is 0.261 e. The van der Waals surface area contributed by atoms with Crippen molar-refractivity contribution in [3.63, 3.8) is 0 Å². The lowest BCUT2D eigenvalue weighted by Crippen LogP contribution is -2.35. The average molecular weight is 393 g/mol. The van der Waals surface area contributed by atoms with Crippen LogP contribution in [0.5, 0.6) is 0 Å². The Balaban J connectivity index is 0.000000431. The molecule has 0 aliphatic carbocycles. The molecule has 1 fully saturated rings. The van der Waals surface area contributed by atoms with E-state index < -0.39 is 33.6 Å². The van der Waals surface area contributed by atoms with Gasteiger partial charge in [0.25, 0.3) is 10.1 Å². The van der Waals surface area contributed by atoms with Gasteiger partial charge in [-0.2, -0.15) is 13.5 Å². The summed E-state index contributed by atoms with van der Waals surface area (Å²) in [6.45, 7) is -0.129. The van der Waals surface area contributed by atoms with Gasteiger partial charge in [-0.25, -0.2) is 18.4 Å². The number of hydrogen-bond donors (Lipinski definition) is 2. The maximum atomic E-state index is 14.1. The van der Waals surface area contributed by atoms with Crippen LogP contribution >= 0.6 is 0 Å². The first-order valence-corrected chi connectivity index (χ1v) is 9.11.